The number of aromatic amines is 1. The van der Waals surface area contributed by atoms with Crippen LogP contribution in [0.25, 0.3) is 0 Å². The number of benzene rings is 1. The predicted octanol–water partition coefficient (Wildman–Crippen LogP) is 1.99. The monoisotopic (exact) mass is 406 g/mol. The number of carbonyl (C=O) groups is 1. The van der Waals surface area contributed by atoms with Gasteiger partial charge in [-0.2, -0.15) is 5.10 Å². The number of carbonyl (C=O) groups excluding carboxylic acids is 1. The summed E-state index contributed by atoms with van der Waals surface area (Å²) in [5, 5.41) is 19.2. The fraction of sp³-hybridized carbons (Fsp3) is 0.455. The summed E-state index contributed by atoms with van der Waals surface area (Å²) in [5.41, 5.74) is 3.69. The molecule has 0 saturated heterocycles. The lowest BCUT2D eigenvalue weighted by atomic mass is 10.1. The molecular weight excluding hydrogens is 380 g/mol. The number of rotatable bonds is 5. The van der Waals surface area contributed by atoms with Crippen molar-refractivity contribution in [2.45, 2.75) is 57.7 Å². The number of H-pyrrole nitrogens is 1. The van der Waals surface area contributed by atoms with Gasteiger partial charge >= 0.3 is 0 Å². The minimum atomic E-state index is -0.120. The number of hydrogen-bond donors (Lipinski definition) is 2. The maximum atomic E-state index is 12.8. The first-order chi connectivity index (χ1) is 14.8. The zero-order chi connectivity index (χ0) is 20.3. The van der Waals surface area contributed by atoms with Crippen LogP contribution in [0.5, 0.6) is 0 Å². The summed E-state index contributed by atoms with van der Waals surface area (Å²) in [6.07, 6.45) is 5.12. The molecule has 1 aromatic carbocycles. The Labute approximate surface area is 175 Å². The van der Waals surface area contributed by atoms with E-state index in [9.17, 15) is 4.79 Å². The lowest BCUT2D eigenvalue weighted by molar-refractivity contribution is 0.0906. The molecule has 0 aliphatic carbocycles. The van der Waals surface area contributed by atoms with Crippen molar-refractivity contribution in [3.63, 3.8) is 0 Å². The summed E-state index contributed by atoms with van der Waals surface area (Å²) in [6, 6.07) is 10.5. The number of amides is 1. The molecular formula is C22H26N6O2. The van der Waals surface area contributed by atoms with Gasteiger partial charge in [-0.3, -0.25) is 9.89 Å². The van der Waals surface area contributed by atoms with Gasteiger partial charge in [-0.15, -0.1) is 10.2 Å². The maximum absolute atomic E-state index is 12.8. The Morgan fingerprint density at radius 1 is 1.17 bits per heavy atom. The van der Waals surface area contributed by atoms with E-state index in [2.05, 4.69) is 54.5 Å². The van der Waals surface area contributed by atoms with E-state index < -0.39 is 0 Å². The van der Waals surface area contributed by atoms with E-state index in [1.165, 1.54) is 5.56 Å². The van der Waals surface area contributed by atoms with Crippen LogP contribution >= 0.6 is 0 Å². The van der Waals surface area contributed by atoms with Gasteiger partial charge in [0.2, 0.25) is 0 Å². The van der Waals surface area contributed by atoms with Crippen molar-refractivity contribution >= 4 is 5.91 Å². The number of hydrogen-bond acceptors (Lipinski definition) is 5. The molecule has 2 aromatic heterocycles. The predicted molar refractivity (Wildman–Crippen MR) is 110 cm³/mol. The highest BCUT2D eigenvalue weighted by Gasteiger charge is 2.26. The van der Waals surface area contributed by atoms with Crippen molar-refractivity contribution < 1.29 is 9.53 Å². The number of aryl methyl sites for hydroxylation is 3. The Kier molecular flexibility index (Phi) is 5.31. The van der Waals surface area contributed by atoms with E-state index in [1.54, 1.807) is 0 Å². The van der Waals surface area contributed by atoms with Gasteiger partial charge in [0.05, 0.1) is 13.2 Å². The van der Waals surface area contributed by atoms with Crippen LogP contribution in [0.1, 0.15) is 51.8 Å². The van der Waals surface area contributed by atoms with Gasteiger partial charge in [0, 0.05) is 43.1 Å². The van der Waals surface area contributed by atoms with E-state index in [0.29, 0.717) is 18.9 Å². The molecule has 5 rings (SSSR count). The first kappa shape index (κ1) is 19.0. The third-order valence-electron chi connectivity index (χ3n) is 6.05. The quantitative estimate of drug-likeness (QED) is 0.675. The van der Waals surface area contributed by atoms with Crippen molar-refractivity contribution in [3.05, 3.63) is 64.5 Å². The van der Waals surface area contributed by atoms with Crippen molar-refractivity contribution in [2.75, 3.05) is 6.61 Å². The maximum Gasteiger partial charge on any atom is 0.272 e. The summed E-state index contributed by atoms with van der Waals surface area (Å²) >= 11 is 0. The molecule has 2 N–H and O–H groups in total. The second-order valence-electron chi connectivity index (χ2n) is 8.00. The van der Waals surface area contributed by atoms with E-state index in [1.807, 2.05) is 6.07 Å². The Morgan fingerprint density at radius 2 is 2.07 bits per heavy atom. The third kappa shape index (κ3) is 3.87. The van der Waals surface area contributed by atoms with Crippen LogP contribution in [-0.2, 0) is 43.6 Å². The molecule has 30 heavy (non-hydrogen) atoms. The van der Waals surface area contributed by atoms with E-state index in [-0.39, 0.29) is 11.9 Å². The van der Waals surface area contributed by atoms with E-state index >= 15 is 0 Å². The van der Waals surface area contributed by atoms with Crippen molar-refractivity contribution in [3.8, 4) is 0 Å². The Hall–Kier alpha value is -3.00. The molecule has 1 unspecified atom stereocenters. The zero-order valence-corrected chi connectivity index (χ0v) is 16.9. The molecule has 3 aromatic rings. The molecule has 0 bridgehead atoms. The van der Waals surface area contributed by atoms with Crippen LogP contribution in [0.3, 0.4) is 0 Å². The van der Waals surface area contributed by atoms with Crippen molar-refractivity contribution in [2.24, 2.45) is 0 Å². The van der Waals surface area contributed by atoms with Crippen LogP contribution < -0.4 is 5.32 Å². The SMILES string of the molecule is O=C(NC1CCc2nnc(CCc3ccccc3)n2CC1)c1n[nH]c2c1COCC2. The summed E-state index contributed by atoms with van der Waals surface area (Å²) in [5.74, 6) is 1.92. The lowest BCUT2D eigenvalue weighted by Gasteiger charge is -2.17. The van der Waals surface area contributed by atoms with Gasteiger partial charge in [0.15, 0.2) is 5.69 Å². The van der Waals surface area contributed by atoms with Crippen LogP contribution in [0.2, 0.25) is 0 Å². The number of aromatic nitrogens is 5. The second kappa shape index (κ2) is 8.39. The molecule has 4 heterocycles. The fourth-order valence-electron chi connectivity index (χ4n) is 4.33. The summed E-state index contributed by atoms with van der Waals surface area (Å²) in [6.45, 7) is 1.94. The fourth-order valence-corrected chi connectivity index (χ4v) is 4.33. The van der Waals surface area contributed by atoms with Gasteiger partial charge in [0.1, 0.15) is 11.6 Å². The van der Waals surface area contributed by atoms with Gasteiger partial charge in [-0.05, 0) is 24.8 Å². The molecule has 1 amide bonds. The first-order valence-corrected chi connectivity index (χ1v) is 10.7. The van der Waals surface area contributed by atoms with Crippen LogP contribution in [0.15, 0.2) is 30.3 Å². The average molecular weight is 406 g/mol. The topological polar surface area (TPSA) is 97.7 Å². The third-order valence-corrected chi connectivity index (χ3v) is 6.05. The molecule has 156 valence electrons. The molecule has 2 aliphatic heterocycles. The minimum absolute atomic E-state index is 0.0954. The molecule has 2 aliphatic rings. The molecule has 0 spiro atoms. The van der Waals surface area contributed by atoms with Gasteiger partial charge in [-0.1, -0.05) is 30.3 Å². The standard InChI is InChI=1S/C22H26N6O2/c29-22(21-17-14-30-13-11-18(17)24-27-21)23-16-7-9-20-26-25-19(28(20)12-10-16)8-6-15-4-2-1-3-5-15/h1-5,16H,6-14H2,(H,23,29)(H,24,27). The first-order valence-electron chi connectivity index (χ1n) is 10.7. The summed E-state index contributed by atoms with van der Waals surface area (Å²) in [7, 11) is 0. The molecule has 0 saturated carbocycles. The molecule has 0 radical (unpaired) electrons. The lowest BCUT2D eigenvalue weighted by Crippen LogP contribution is -2.36. The summed E-state index contributed by atoms with van der Waals surface area (Å²) in [4.78, 5) is 12.8. The van der Waals surface area contributed by atoms with Gasteiger partial charge < -0.3 is 14.6 Å². The van der Waals surface area contributed by atoms with E-state index in [4.69, 9.17) is 4.74 Å². The van der Waals surface area contributed by atoms with Crippen LogP contribution in [-0.4, -0.2) is 43.5 Å². The summed E-state index contributed by atoms with van der Waals surface area (Å²) < 4.78 is 7.73. The molecule has 1 atom stereocenters. The normalized spacial score (nSPS) is 18.3. The molecule has 8 heteroatoms. The number of fused-ring (bicyclic) bond motifs is 2. The highest BCUT2D eigenvalue weighted by atomic mass is 16.5. The number of ether oxygens (including phenoxy) is 1. The Balaban J connectivity index is 1.21. The Bertz CT molecular complexity index is 1030. The smallest absolute Gasteiger partial charge is 0.272 e. The van der Waals surface area contributed by atoms with Gasteiger partial charge in [-0.25, -0.2) is 0 Å². The van der Waals surface area contributed by atoms with Gasteiger partial charge in [0.25, 0.3) is 5.91 Å². The highest BCUT2D eigenvalue weighted by molar-refractivity contribution is 5.94. The Morgan fingerprint density at radius 3 is 2.97 bits per heavy atom. The van der Waals surface area contributed by atoms with Crippen LogP contribution in [0, 0.1) is 0 Å². The average Bonchev–Trinajstić information content (AvgIpc) is 3.33. The zero-order valence-electron chi connectivity index (χ0n) is 16.9. The second-order valence-corrected chi connectivity index (χ2v) is 8.00. The van der Waals surface area contributed by atoms with Crippen LogP contribution in [0.4, 0.5) is 0 Å². The number of nitrogens with one attached hydrogen (secondary N) is 2. The van der Waals surface area contributed by atoms with E-state index in [0.717, 1.165) is 68.0 Å². The molecule has 0 fully saturated rings. The molecule has 8 nitrogen and oxygen atoms in total. The number of nitrogens with zero attached hydrogens (tertiary/aromatic N) is 4. The highest BCUT2D eigenvalue weighted by Crippen LogP contribution is 2.20. The van der Waals surface area contributed by atoms with Crippen molar-refractivity contribution in [1.82, 2.24) is 30.3 Å². The van der Waals surface area contributed by atoms with Crippen molar-refractivity contribution in [1.29, 1.82) is 0 Å². The minimum Gasteiger partial charge on any atom is -0.376 e. The largest absolute Gasteiger partial charge is 0.376 e.